The smallest absolute Gasteiger partial charge is 0.283 e. The number of benzene rings is 1. The lowest BCUT2D eigenvalue weighted by molar-refractivity contribution is -0.115. The molecule has 5 rings (SSSR count). The summed E-state index contributed by atoms with van der Waals surface area (Å²) >= 11 is 0.837. The lowest BCUT2D eigenvalue weighted by Crippen LogP contribution is -2.27. The topological polar surface area (TPSA) is 114 Å². The molecule has 1 aromatic carbocycles. The van der Waals surface area contributed by atoms with Crippen molar-refractivity contribution in [2.45, 2.75) is 6.42 Å². The Morgan fingerprint density at radius 2 is 2.03 bits per heavy atom. The van der Waals surface area contributed by atoms with Gasteiger partial charge >= 0.3 is 0 Å². The van der Waals surface area contributed by atoms with E-state index in [2.05, 4.69) is 15.3 Å². The van der Waals surface area contributed by atoms with Gasteiger partial charge < -0.3 is 0 Å². The summed E-state index contributed by atoms with van der Waals surface area (Å²) in [6, 6.07) is 9.09. The zero-order valence-corrected chi connectivity index (χ0v) is 17.3. The highest BCUT2D eigenvalue weighted by Gasteiger charge is 2.27. The van der Waals surface area contributed by atoms with Gasteiger partial charge in [0.2, 0.25) is 10.0 Å². The molecule has 1 N–H and O–H groups in total. The van der Waals surface area contributed by atoms with Gasteiger partial charge in [-0.15, -0.1) is 0 Å². The number of fused-ring (bicyclic) bond motifs is 2. The molecular formula is C19H15N5O4S2. The van der Waals surface area contributed by atoms with E-state index >= 15 is 0 Å². The van der Waals surface area contributed by atoms with Crippen molar-refractivity contribution in [3.05, 3.63) is 52.8 Å². The van der Waals surface area contributed by atoms with Crippen LogP contribution in [0.2, 0.25) is 0 Å². The van der Waals surface area contributed by atoms with Crippen molar-refractivity contribution in [3.8, 4) is 5.69 Å². The molecule has 0 bridgehead atoms. The number of carbonyl (C=O) groups excluding carboxylic acids is 2. The normalized spacial score (nSPS) is 17.8. The van der Waals surface area contributed by atoms with Crippen LogP contribution in [-0.4, -0.2) is 46.9 Å². The van der Waals surface area contributed by atoms with E-state index in [-0.39, 0.29) is 4.91 Å². The summed E-state index contributed by atoms with van der Waals surface area (Å²) in [5, 5.41) is 1.82. The van der Waals surface area contributed by atoms with Gasteiger partial charge in [0.15, 0.2) is 5.65 Å². The first-order valence-electron chi connectivity index (χ1n) is 8.99. The molecule has 30 heavy (non-hydrogen) atoms. The van der Waals surface area contributed by atoms with Gasteiger partial charge in [-0.1, -0.05) is 0 Å². The monoisotopic (exact) mass is 441 g/mol. The predicted molar refractivity (Wildman–Crippen MR) is 114 cm³/mol. The maximum absolute atomic E-state index is 12.0. The molecule has 1 saturated heterocycles. The van der Waals surface area contributed by atoms with Gasteiger partial charge in [-0.05, 0) is 60.2 Å². The number of imidazole rings is 1. The number of imide groups is 1. The zero-order valence-electron chi connectivity index (χ0n) is 15.7. The van der Waals surface area contributed by atoms with Crippen molar-refractivity contribution in [1.82, 2.24) is 19.9 Å². The summed E-state index contributed by atoms with van der Waals surface area (Å²) in [4.78, 5) is 32.4. The summed E-state index contributed by atoms with van der Waals surface area (Å²) in [5.74, 6) is -0.436. The van der Waals surface area contributed by atoms with Gasteiger partial charge in [-0.3, -0.25) is 23.8 Å². The Kier molecular flexibility index (Phi) is 4.19. The molecule has 1 fully saturated rings. The quantitative estimate of drug-likeness (QED) is 0.619. The molecule has 9 nitrogen and oxygen atoms in total. The number of thioether (sulfide) groups is 1. The van der Waals surface area contributed by atoms with Crippen molar-refractivity contribution in [1.29, 1.82) is 0 Å². The van der Waals surface area contributed by atoms with E-state index in [9.17, 15) is 18.0 Å². The number of aromatic nitrogens is 3. The van der Waals surface area contributed by atoms with Crippen LogP contribution in [0.3, 0.4) is 0 Å². The van der Waals surface area contributed by atoms with E-state index in [0.717, 1.165) is 23.0 Å². The minimum absolute atomic E-state index is 0.288. The molecule has 0 aliphatic carbocycles. The van der Waals surface area contributed by atoms with E-state index in [4.69, 9.17) is 0 Å². The van der Waals surface area contributed by atoms with Crippen LogP contribution in [0.25, 0.3) is 22.9 Å². The molecule has 11 heteroatoms. The van der Waals surface area contributed by atoms with E-state index in [0.29, 0.717) is 35.5 Å². The van der Waals surface area contributed by atoms with Crippen LogP contribution in [0.15, 0.2) is 41.6 Å². The lowest BCUT2D eigenvalue weighted by atomic mass is 10.1. The van der Waals surface area contributed by atoms with Crippen LogP contribution < -0.4 is 9.62 Å². The van der Waals surface area contributed by atoms with Gasteiger partial charge in [0.1, 0.15) is 11.8 Å². The number of nitrogens with zero attached hydrogens (tertiary/aromatic N) is 4. The first-order chi connectivity index (χ1) is 14.3. The molecule has 0 spiro atoms. The van der Waals surface area contributed by atoms with E-state index in [1.807, 2.05) is 16.7 Å². The molecule has 0 radical (unpaired) electrons. The fourth-order valence-electron chi connectivity index (χ4n) is 3.59. The number of nitrogens with one attached hydrogen (secondary N) is 1. The number of sulfonamides is 1. The van der Waals surface area contributed by atoms with E-state index in [1.165, 1.54) is 10.6 Å². The first-order valence-corrected chi connectivity index (χ1v) is 11.7. The van der Waals surface area contributed by atoms with Gasteiger partial charge in [0.05, 0.1) is 22.5 Å². The average molecular weight is 441 g/mol. The van der Waals surface area contributed by atoms with Crippen LogP contribution in [0.5, 0.6) is 0 Å². The molecule has 2 aliphatic rings. The Labute approximate surface area is 175 Å². The largest absolute Gasteiger partial charge is 0.290 e. The maximum Gasteiger partial charge on any atom is 0.290 e. The molecule has 0 unspecified atom stereocenters. The molecule has 152 valence electrons. The van der Waals surface area contributed by atoms with E-state index in [1.54, 1.807) is 30.6 Å². The predicted octanol–water partition coefficient (Wildman–Crippen LogP) is 2.07. The minimum Gasteiger partial charge on any atom is -0.283 e. The highest BCUT2D eigenvalue weighted by atomic mass is 32.2. The van der Waals surface area contributed by atoms with Crippen molar-refractivity contribution in [3.63, 3.8) is 0 Å². The zero-order chi connectivity index (χ0) is 21.0. The highest BCUT2D eigenvalue weighted by Crippen LogP contribution is 2.32. The fraction of sp³-hybridized carbons (Fsp3) is 0.158. The van der Waals surface area contributed by atoms with Gasteiger partial charge in [-0.25, -0.2) is 18.4 Å². The minimum atomic E-state index is -3.31. The average Bonchev–Trinajstić information content (AvgIpc) is 3.37. The number of hydrogen-bond acceptors (Lipinski definition) is 7. The number of anilines is 1. The Balaban J connectivity index is 1.55. The standard InChI is InChI=1S/C19H15N5O4S2/c1-30(27,28)24-7-6-11-8-13(3-5-15(11)24)23-10-20-14-4-2-12(21-17(14)23)9-16-18(25)22-19(26)29-16/h2-5,8-10H,6-7H2,1H3,(H,22,25,26)/b16-9-. The number of rotatable bonds is 3. The summed E-state index contributed by atoms with van der Waals surface area (Å²) in [5.41, 5.74) is 4.24. The Bertz CT molecular complexity index is 1380. The van der Waals surface area contributed by atoms with Gasteiger partial charge in [0, 0.05) is 12.2 Å². The second-order valence-electron chi connectivity index (χ2n) is 6.94. The third-order valence-electron chi connectivity index (χ3n) is 4.93. The van der Waals surface area contributed by atoms with Crippen LogP contribution >= 0.6 is 11.8 Å². The Hall–Kier alpha value is -3.18. The van der Waals surface area contributed by atoms with Gasteiger partial charge in [0.25, 0.3) is 11.1 Å². The molecule has 4 heterocycles. The van der Waals surface area contributed by atoms with Crippen molar-refractivity contribution >= 4 is 55.9 Å². The summed E-state index contributed by atoms with van der Waals surface area (Å²) in [7, 11) is -3.31. The Morgan fingerprint density at radius 1 is 1.20 bits per heavy atom. The van der Waals surface area contributed by atoms with Crippen LogP contribution in [0.4, 0.5) is 10.5 Å². The second kappa shape index (κ2) is 6.67. The number of hydrogen-bond donors (Lipinski definition) is 1. The SMILES string of the molecule is CS(=O)(=O)N1CCc2cc(-n3cnc4ccc(/C=C5\SC(=O)NC5=O)nc43)ccc21. The molecule has 2 aliphatic heterocycles. The summed E-state index contributed by atoms with van der Waals surface area (Å²) in [6.45, 7) is 0.427. The van der Waals surface area contributed by atoms with E-state index < -0.39 is 21.2 Å². The molecule has 0 saturated carbocycles. The molecule has 3 aromatic rings. The maximum atomic E-state index is 12.0. The third-order valence-corrected chi connectivity index (χ3v) is 6.92. The fourth-order valence-corrected chi connectivity index (χ4v) is 5.21. The van der Waals surface area contributed by atoms with Gasteiger partial charge in [-0.2, -0.15) is 0 Å². The third kappa shape index (κ3) is 3.15. The second-order valence-corrected chi connectivity index (χ2v) is 9.87. The molecule has 0 atom stereocenters. The number of carbonyl (C=O) groups is 2. The number of pyridine rings is 1. The Morgan fingerprint density at radius 3 is 2.77 bits per heavy atom. The highest BCUT2D eigenvalue weighted by molar-refractivity contribution is 8.18. The van der Waals surface area contributed by atoms with Crippen molar-refractivity contribution in [2.75, 3.05) is 17.1 Å². The van der Waals surface area contributed by atoms with Crippen LogP contribution in [0, 0.1) is 0 Å². The van der Waals surface area contributed by atoms with Crippen molar-refractivity contribution in [2.24, 2.45) is 0 Å². The number of amides is 2. The first kappa shape index (κ1) is 18.8. The lowest BCUT2D eigenvalue weighted by Gasteiger charge is -2.16. The molecular weight excluding hydrogens is 426 g/mol. The molecule has 2 aromatic heterocycles. The molecule has 2 amide bonds. The van der Waals surface area contributed by atoms with Crippen LogP contribution in [0.1, 0.15) is 11.3 Å². The van der Waals surface area contributed by atoms with Crippen LogP contribution in [-0.2, 0) is 21.2 Å². The van der Waals surface area contributed by atoms with Crippen molar-refractivity contribution < 1.29 is 18.0 Å². The summed E-state index contributed by atoms with van der Waals surface area (Å²) < 4.78 is 27.1. The summed E-state index contributed by atoms with van der Waals surface area (Å²) in [6.07, 6.45) is 5.05.